The Bertz CT molecular complexity index is 464. The predicted molar refractivity (Wildman–Crippen MR) is 91.3 cm³/mol. The molecule has 3 N–H and O–H groups in total. The molecule has 0 amide bonds. The smallest absolute Gasteiger partial charge is 0.103 e. The van der Waals surface area contributed by atoms with Gasteiger partial charge in [0.25, 0.3) is 0 Å². The van der Waals surface area contributed by atoms with Gasteiger partial charge in [0, 0.05) is 12.1 Å². The van der Waals surface area contributed by atoms with Crippen molar-refractivity contribution in [3.63, 3.8) is 0 Å². The van der Waals surface area contributed by atoms with Gasteiger partial charge < -0.3 is 15.7 Å². The summed E-state index contributed by atoms with van der Waals surface area (Å²) in [6.45, 7) is 7.49. The average molecular weight is 306 g/mol. The van der Waals surface area contributed by atoms with Gasteiger partial charge in [0.1, 0.15) is 4.99 Å². The summed E-state index contributed by atoms with van der Waals surface area (Å²) in [6, 6.07) is 7.60. The first-order chi connectivity index (χ1) is 9.97. The number of rotatable bonds is 5. The van der Waals surface area contributed by atoms with Crippen LogP contribution in [-0.4, -0.2) is 34.6 Å². The average Bonchev–Trinajstić information content (AvgIpc) is 2.47. The van der Waals surface area contributed by atoms with Crippen molar-refractivity contribution in [2.45, 2.75) is 32.8 Å². The highest BCUT2D eigenvalue weighted by Crippen LogP contribution is 2.25. The normalized spacial score (nSPS) is 18.9. The summed E-state index contributed by atoms with van der Waals surface area (Å²) in [6.07, 6.45) is 2.04. The molecule has 3 nitrogen and oxygen atoms in total. The van der Waals surface area contributed by atoms with Crippen molar-refractivity contribution >= 4 is 17.2 Å². The van der Waals surface area contributed by atoms with Crippen molar-refractivity contribution in [3.05, 3.63) is 35.4 Å². The highest BCUT2D eigenvalue weighted by Gasteiger charge is 2.23. The second-order valence-corrected chi connectivity index (χ2v) is 6.82. The SMILES string of the molecule is CC(C)C1CCN(CC(O)c2ccc(C(N)=S)cc2)CC1. The Balaban J connectivity index is 1.87. The number of β-amino-alcohol motifs (C(OH)–C–C–N with tert-alkyl or cyclic N) is 1. The number of aliphatic hydroxyl groups excluding tert-OH is 1. The maximum atomic E-state index is 10.4. The first-order valence-corrected chi connectivity index (χ1v) is 8.18. The number of benzene rings is 1. The minimum atomic E-state index is -0.444. The van der Waals surface area contributed by atoms with Crippen molar-refractivity contribution in [3.8, 4) is 0 Å². The highest BCUT2D eigenvalue weighted by atomic mass is 32.1. The highest BCUT2D eigenvalue weighted by molar-refractivity contribution is 7.80. The van der Waals surface area contributed by atoms with Crippen LogP contribution in [0, 0.1) is 11.8 Å². The molecule has 1 unspecified atom stereocenters. The van der Waals surface area contributed by atoms with Crippen LogP contribution < -0.4 is 5.73 Å². The predicted octanol–water partition coefficient (Wildman–Crippen LogP) is 2.72. The van der Waals surface area contributed by atoms with Gasteiger partial charge in [0.2, 0.25) is 0 Å². The summed E-state index contributed by atoms with van der Waals surface area (Å²) < 4.78 is 0. The van der Waals surface area contributed by atoms with E-state index in [1.54, 1.807) is 0 Å². The van der Waals surface area contributed by atoms with Crippen LogP contribution in [0.25, 0.3) is 0 Å². The van der Waals surface area contributed by atoms with Gasteiger partial charge in [-0.15, -0.1) is 0 Å². The van der Waals surface area contributed by atoms with E-state index in [1.165, 1.54) is 12.8 Å². The minimum absolute atomic E-state index is 0.395. The van der Waals surface area contributed by atoms with E-state index >= 15 is 0 Å². The zero-order chi connectivity index (χ0) is 15.4. The molecule has 1 heterocycles. The Morgan fingerprint density at radius 2 is 1.86 bits per heavy atom. The van der Waals surface area contributed by atoms with Gasteiger partial charge in [-0.2, -0.15) is 0 Å². The Morgan fingerprint density at radius 1 is 1.29 bits per heavy atom. The largest absolute Gasteiger partial charge is 0.389 e. The van der Waals surface area contributed by atoms with E-state index in [-0.39, 0.29) is 0 Å². The molecule has 116 valence electrons. The Kier molecular flexibility index (Phi) is 5.73. The lowest BCUT2D eigenvalue weighted by molar-refractivity contribution is 0.0818. The molecular weight excluding hydrogens is 280 g/mol. The number of hydrogen-bond acceptors (Lipinski definition) is 3. The van der Waals surface area contributed by atoms with Gasteiger partial charge in [0.15, 0.2) is 0 Å². The molecule has 1 aromatic carbocycles. The fourth-order valence-electron chi connectivity index (χ4n) is 3.02. The van der Waals surface area contributed by atoms with Crippen LogP contribution in [0.1, 0.15) is 43.9 Å². The summed E-state index contributed by atoms with van der Waals surface area (Å²) in [5, 5.41) is 10.4. The molecule has 1 aliphatic rings. The van der Waals surface area contributed by atoms with Crippen LogP contribution in [0.15, 0.2) is 24.3 Å². The number of thiocarbonyl (C=S) groups is 1. The lowest BCUT2D eigenvalue weighted by Gasteiger charge is -2.34. The van der Waals surface area contributed by atoms with Crippen LogP contribution in [0.4, 0.5) is 0 Å². The van der Waals surface area contributed by atoms with Gasteiger partial charge in [-0.05, 0) is 43.3 Å². The van der Waals surface area contributed by atoms with Crippen LogP contribution in [0.2, 0.25) is 0 Å². The van der Waals surface area contributed by atoms with Crippen molar-refractivity contribution in [1.29, 1.82) is 0 Å². The molecule has 0 spiro atoms. The molecule has 0 aliphatic carbocycles. The topological polar surface area (TPSA) is 49.5 Å². The van der Waals surface area contributed by atoms with Crippen LogP contribution in [0.3, 0.4) is 0 Å². The van der Waals surface area contributed by atoms with E-state index in [1.807, 2.05) is 24.3 Å². The van der Waals surface area contributed by atoms with Gasteiger partial charge in [-0.1, -0.05) is 50.3 Å². The second-order valence-electron chi connectivity index (χ2n) is 6.38. The molecule has 2 rings (SSSR count). The van der Waals surface area contributed by atoms with Crippen LogP contribution in [0.5, 0.6) is 0 Å². The summed E-state index contributed by atoms with van der Waals surface area (Å²) in [4.78, 5) is 2.76. The Labute approximate surface area is 133 Å². The van der Waals surface area contributed by atoms with Crippen LogP contribution >= 0.6 is 12.2 Å². The number of aliphatic hydroxyl groups is 1. The van der Waals surface area contributed by atoms with E-state index < -0.39 is 6.10 Å². The third-order valence-electron chi connectivity index (χ3n) is 4.59. The molecule has 21 heavy (non-hydrogen) atoms. The number of nitrogens with two attached hydrogens (primary N) is 1. The van der Waals surface area contributed by atoms with E-state index in [2.05, 4.69) is 18.7 Å². The second kappa shape index (κ2) is 7.34. The molecule has 0 bridgehead atoms. The summed E-state index contributed by atoms with van der Waals surface area (Å²) in [5.41, 5.74) is 7.36. The minimum Gasteiger partial charge on any atom is -0.389 e. The standard InChI is InChI=1S/C17H26N2OS/c1-12(2)13-7-9-19(10-8-13)11-16(20)14-3-5-15(6-4-14)17(18)21/h3-6,12-13,16,20H,7-11H2,1-2H3,(H2,18,21). The molecular formula is C17H26N2OS. The van der Waals surface area contributed by atoms with Crippen LogP contribution in [-0.2, 0) is 0 Å². The summed E-state index contributed by atoms with van der Waals surface area (Å²) in [7, 11) is 0. The maximum Gasteiger partial charge on any atom is 0.103 e. The van der Waals surface area contributed by atoms with Crippen molar-refractivity contribution < 1.29 is 5.11 Å². The van der Waals surface area contributed by atoms with Crippen molar-refractivity contribution in [2.75, 3.05) is 19.6 Å². The quantitative estimate of drug-likeness (QED) is 0.821. The molecule has 4 heteroatoms. The molecule has 0 saturated carbocycles. The number of likely N-dealkylation sites (tertiary alicyclic amines) is 1. The van der Waals surface area contributed by atoms with E-state index in [0.717, 1.165) is 36.1 Å². The Hall–Kier alpha value is -0.970. The van der Waals surface area contributed by atoms with Gasteiger partial charge in [0.05, 0.1) is 6.10 Å². The fraction of sp³-hybridized carbons (Fsp3) is 0.588. The molecule has 1 saturated heterocycles. The molecule has 0 aromatic heterocycles. The molecule has 1 atom stereocenters. The summed E-state index contributed by atoms with van der Waals surface area (Å²) in [5.74, 6) is 1.60. The molecule has 1 aliphatic heterocycles. The number of nitrogens with zero attached hydrogens (tertiary/aromatic N) is 1. The van der Waals surface area contributed by atoms with E-state index in [0.29, 0.717) is 11.5 Å². The lowest BCUT2D eigenvalue weighted by Crippen LogP contribution is -2.37. The first-order valence-electron chi connectivity index (χ1n) is 7.77. The van der Waals surface area contributed by atoms with Gasteiger partial charge in [-0.25, -0.2) is 0 Å². The van der Waals surface area contributed by atoms with Crippen molar-refractivity contribution in [2.24, 2.45) is 17.6 Å². The Morgan fingerprint density at radius 3 is 2.33 bits per heavy atom. The van der Waals surface area contributed by atoms with Gasteiger partial charge in [-0.3, -0.25) is 0 Å². The monoisotopic (exact) mass is 306 g/mol. The molecule has 0 radical (unpaired) electrons. The molecule has 1 fully saturated rings. The fourth-order valence-corrected chi connectivity index (χ4v) is 3.16. The number of hydrogen-bond donors (Lipinski definition) is 2. The van der Waals surface area contributed by atoms with Crippen molar-refractivity contribution in [1.82, 2.24) is 4.90 Å². The lowest BCUT2D eigenvalue weighted by atomic mass is 9.86. The van der Waals surface area contributed by atoms with E-state index in [4.69, 9.17) is 18.0 Å². The zero-order valence-corrected chi connectivity index (χ0v) is 13.8. The van der Waals surface area contributed by atoms with E-state index in [9.17, 15) is 5.11 Å². The maximum absolute atomic E-state index is 10.4. The molecule has 1 aromatic rings. The van der Waals surface area contributed by atoms with Gasteiger partial charge >= 0.3 is 0 Å². The first kappa shape index (κ1) is 16.4. The summed E-state index contributed by atoms with van der Waals surface area (Å²) >= 11 is 4.94. The third-order valence-corrected chi connectivity index (χ3v) is 4.82. The zero-order valence-electron chi connectivity index (χ0n) is 13.0. The number of piperidine rings is 1. The third kappa shape index (κ3) is 4.50.